The van der Waals surface area contributed by atoms with Crippen LogP contribution in [-0.2, 0) is 14.4 Å². The van der Waals surface area contributed by atoms with Gasteiger partial charge in [0.05, 0.1) is 5.00 Å². The first-order valence-electron chi connectivity index (χ1n) is 4.22. The predicted octanol–water partition coefficient (Wildman–Crippen LogP) is 0.496. The maximum atomic E-state index is 11.6. The summed E-state index contributed by atoms with van der Waals surface area (Å²) in [7, 11) is 1.34. The number of rotatable bonds is 4. The molecular formula is C9H9NO5S. The van der Waals surface area contributed by atoms with E-state index in [2.05, 4.69) is 0 Å². The number of carbonyl (C=O) groups is 3. The van der Waals surface area contributed by atoms with Crippen LogP contribution < -0.4 is 4.90 Å². The monoisotopic (exact) mass is 243 g/mol. The molecule has 0 aliphatic rings. The van der Waals surface area contributed by atoms with Gasteiger partial charge in [0.15, 0.2) is 0 Å². The third kappa shape index (κ3) is 2.37. The molecule has 1 heterocycles. The van der Waals surface area contributed by atoms with Crippen molar-refractivity contribution in [2.45, 2.75) is 0 Å². The number of amides is 1. The second kappa shape index (κ2) is 4.75. The van der Waals surface area contributed by atoms with Gasteiger partial charge in [-0.2, -0.15) is 0 Å². The van der Waals surface area contributed by atoms with Crippen molar-refractivity contribution in [3.05, 3.63) is 17.5 Å². The van der Waals surface area contributed by atoms with Crippen LogP contribution in [0.25, 0.3) is 0 Å². The van der Waals surface area contributed by atoms with E-state index >= 15 is 0 Å². The first kappa shape index (κ1) is 12.2. The first-order chi connectivity index (χ1) is 7.45. The average molecular weight is 243 g/mol. The molecule has 16 heavy (non-hydrogen) atoms. The lowest BCUT2D eigenvalue weighted by Gasteiger charge is -2.17. The molecule has 0 unspecified atom stereocenters. The second-order valence-electron chi connectivity index (χ2n) is 2.96. The number of thiophene rings is 1. The lowest BCUT2D eigenvalue weighted by molar-refractivity contribution is -0.157. The van der Waals surface area contributed by atoms with E-state index < -0.39 is 23.8 Å². The molecule has 0 bridgehead atoms. The molecule has 2 N–H and O–H groups in total. The van der Waals surface area contributed by atoms with Crippen molar-refractivity contribution >= 4 is 34.2 Å². The Morgan fingerprint density at radius 1 is 1.31 bits per heavy atom. The Morgan fingerprint density at radius 2 is 1.88 bits per heavy atom. The molecule has 1 rings (SSSR count). The van der Waals surface area contributed by atoms with E-state index in [1.54, 1.807) is 17.5 Å². The number of carboxylic acids is 2. The lowest BCUT2D eigenvalue weighted by Crippen LogP contribution is -2.41. The highest BCUT2D eigenvalue weighted by molar-refractivity contribution is 7.14. The van der Waals surface area contributed by atoms with E-state index in [0.717, 1.165) is 4.90 Å². The highest BCUT2D eigenvalue weighted by atomic mass is 32.1. The highest BCUT2D eigenvalue weighted by Gasteiger charge is 2.36. The van der Waals surface area contributed by atoms with Gasteiger partial charge in [-0.05, 0) is 17.5 Å². The minimum atomic E-state index is -2.06. The van der Waals surface area contributed by atoms with E-state index in [9.17, 15) is 14.4 Å². The van der Waals surface area contributed by atoms with Crippen LogP contribution in [-0.4, -0.2) is 35.1 Å². The zero-order chi connectivity index (χ0) is 12.3. The predicted molar refractivity (Wildman–Crippen MR) is 56.5 cm³/mol. The molecule has 86 valence electrons. The number of carboxylic acid groups (broad SMARTS) is 2. The van der Waals surface area contributed by atoms with Gasteiger partial charge in [-0.1, -0.05) is 0 Å². The van der Waals surface area contributed by atoms with Crippen molar-refractivity contribution in [3.63, 3.8) is 0 Å². The standard InChI is InChI=1S/C9H9NO5S/c1-10(5-3-2-4-16-5)7(11)6(8(12)13)9(14)15/h2-4,6H,1H3,(H,12,13)(H,14,15). The number of nitrogens with zero attached hydrogens (tertiary/aromatic N) is 1. The van der Waals surface area contributed by atoms with Gasteiger partial charge in [0, 0.05) is 7.05 Å². The average Bonchev–Trinajstić information content (AvgIpc) is 2.67. The van der Waals surface area contributed by atoms with Crippen LogP contribution in [0.2, 0.25) is 0 Å². The van der Waals surface area contributed by atoms with Crippen molar-refractivity contribution < 1.29 is 24.6 Å². The minimum Gasteiger partial charge on any atom is -0.480 e. The molecule has 6 nitrogen and oxygen atoms in total. The van der Waals surface area contributed by atoms with Gasteiger partial charge in [-0.3, -0.25) is 14.4 Å². The fourth-order valence-electron chi connectivity index (χ4n) is 1.08. The molecule has 0 spiro atoms. The van der Waals surface area contributed by atoms with Crippen LogP contribution in [0, 0.1) is 5.92 Å². The molecule has 7 heteroatoms. The summed E-state index contributed by atoms with van der Waals surface area (Å²) in [5.41, 5.74) is 0. The van der Waals surface area contributed by atoms with Crippen LogP contribution in [0.4, 0.5) is 5.00 Å². The van der Waals surface area contributed by atoms with Crippen molar-refractivity contribution in [2.24, 2.45) is 5.92 Å². The summed E-state index contributed by atoms with van der Waals surface area (Å²) in [6.45, 7) is 0. The van der Waals surface area contributed by atoms with Crippen molar-refractivity contribution in [2.75, 3.05) is 11.9 Å². The van der Waals surface area contributed by atoms with E-state index in [1.807, 2.05) is 0 Å². The summed E-state index contributed by atoms with van der Waals surface area (Å²) in [6, 6.07) is 3.28. The molecule has 0 saturated carbocycles. The van der Waals surface area contributed by atoms with Crippen LogP contribution >= 0.6 is 11.3 Å². The molecule has 1 aromatic heterocycles. The van der Waals surface area contributed by atoms with E-state index in [0.29, 0.717) is 5.00 Å². The number of hydrogen-bond donors (Lipinski definition) is 2. The highest BCUT2D eigenvalue weighted by Crippen LogP contribution is 2.21. The number of aliphatic carboxylic acids is 2. The Hall–Kier alpha value is -1.89. The van der Waals surface area contributed by atoms with E-state index in [-0.39, 0.29) is 0 Å². The summed E-state index contributed by atoms with van der Waals surface area (Å²) in [5.74, 6) is -6.36. The summed E-state index contributed by atoms with van der Waals surface area (Å²) < 4.78 is 0. The summed E-state index contributed by atoms with van der Waals surface area (Å²) >= 11 is 1.22. The SMILES string of the molecule is CN(C(=O)C(C(=O)O)C(=O)O)c1cccs1. The zero-order valence-electron chi connectivity index (χ0n) is 8.28. The van der Waals surface area contributed by atoms with Gasteiger partial charge >= 0.3 is 11.9 Å². The summed E-state index contributed by atoms with van der Waals surface area (Å²) in [5, 5.41) is 19.5. The van der Waals surface area contributed by atoms with Crippen LogP contribution in [0.15, 0.2) is 17.5 Å². The molecule has 0 aromatic carbocycles. The Balaban J connectivity index is 2.92. The van der Waals surface area contributed by atoms with Gasteiger partial charge in [0.1, 0.15) is 0 Å². The van der Waals surface area contributed by atoms with Crippen LogP contribution in [0.3, 0.4) is 0 Å². The minimum absolute atomic E-state index is 0.498. The second-order valence-corrected chi connectivity index (χ2v) is 3.88. The van der Waals surface area contributed by atoms with Gasteiger partial charge in [0.25, 0.3) is 5.91 Å². The van der Waals surface area contributed by atoms with E-state index in [4.69, 9.17) is 10.2 Å². The molecular weight excluding hydrogens is 234 g/mol. The van der Waals surface area contributed by atoms with Crippen LogP contribution in [0.5, 0.6) is 0 Å². The molecule has 1 amide bonds. The number of hydrogen-bond acceptors (Lipinski definition) is 4. The number of anilines is 1. The maximum Gasteiger partial charge on any atom is 0.327 e. The van der Waals surface area contributed by atoms with Gasteiger partial charge in [0.2, 0.25) is 5.92 Å². The Labute approximate surface area is 94.7 Å². The Morgan fingerprint density at radius 3 is 2.25 bits per heavy atom. The normalized spacial score (nSPS) is 10.1. The van der Waals surface area contributed by atoms with Crippen molar-refractivity contribution in [3.8, 4) is 0 Å². The van der Waals surface area contributed by atoms with E-state index in [1.165, 1.54) is 18.4 Å². The van der Waals surface area contributed by atoms with Crippen LogP contribution in [0.1, 0.15) is 0 Å². The summed E-state index contributed by atoms with van der Waals surface area (Å²) in [6.07, 6.45) is 0. The van der Waals surface area contributed by atoms with Gasteiger partial charge in [-0.25, -0.2) is 0 Å². The Bertz CT molecular complexity index is 400. The topological polar surface area (TPSA) is 94.9 Å². The zero-order valence-corrected chi connectivity index (χ0v) is 9.10. The quantitative estimate of drug-likeness (QED) is 0.751. The van der Waals surface area contributed by atoms with Crippen molar-refractivity contribution in [1.29, 1.82) is 0 Å². The molecule has 0 aliphatic carbocycles. The smallest absolute Gasteiger partial charge is 0.327 e. The molecule has 0 fully saturated rings. The Kier molecular flexibility index (Phi) is 3.62. The fraction of sp³-hybridized carbons (Fsp3) is 0.222. The van der Waals surface area contributed by atoms with Gasteiger partial charge in [-0.15, -0.1) is 11.3 Å². The lowest BCUT2D eigenvalue weighted by atomic mass is 10.1. The third-order valence-corrected chi connectivity index (χ3v) is 2.85. The maximum absolute atomic E-state index is 11.6. The molecule has 1 aromatic rings. The largest absolute Gasteiger partial charge is 0.480 e. The van der Waals surface area contributed by atoms with Crippen molar-refractivity contribution in [1.82, 2.24) is 0 Å². The fourth-order valence-corrected chi connectivity index (χ4v) is 1.78. The molecule has 0 saturated heterocycles. The number of carbonyl (C=O) groups excluding carboxylic acids is 1. The summed E-state index contributed by atoms with van der Waals surface area (Å²) in [4.78, 5) is 33.9. The third-order valence-electron chi connectivity index (χ3n) is 1.91. The first-order valence-corrected chi connectivity index (χ1v) is 5.09. The molecule has 0 aliphatic heterocycles. The van der Waals surface area contributed by atoms with Gasteiger partial charge < -0.3 is 15.1 Å². The molecule has 0 radical (unpaired) electrons. The molecule has 0 atom stereocenters.